The first kappa shape index (κ1) is 22.0. The summed E-state index contributed by atoms with van der Waals surface area (Å²) in [6.45, 7) is 1.49. The summed E-state index contributed by atoms with van der Waals surface area (Å²) in [6.07, 6.45) is 4.91. The van der Waals surface area contributed by atoms with Gasteiger partial charge in [-0.05, 0) is 48.9 Å². The van der Waals surface area contributed by atoms with Crippen molar-refractivity contribution in [3.63, 3.8) is 0 Å². The van der Waals surface area contributed by atoms with Crippen LogP contribution in [0, 0.1) is 0 Å². The molecule has 7 nitrogen and oxygen atoms in total. The Bertz CT molecular complexity index is 1150. The van der Waals surface area contributed by atoms with Crippen LogP contribution in [0.15, 0.2) is 42.6 Å². The number of carbonyl (C=O) groups is 2. The predicted molar refractivity (Wildman–Crippen MR) is 125 cm³/mol. The van der Waals surface area contributed by atoms with Gasteiger partial charge in [-0.1, -0.05) is 17.7 Å². The summed E-state index contributed by atoms with van der Waals surface area (Å²) in [4.78, 5) is 28.0. The molecule has 168 valence electrons. The van der Waals surface area contributed by atoms with Crippen LogP contribution in [0.4, 0.5) is 5.69 Å². The number of methoxy groups -OCH3 is 2. The Labute approximate surface area is 191 Å². The number of hydrogen-bond acceptors (Lipinski definition) is 4. The molecule has 1 aliphatic heterocycles. The number of piperidine rings is 1. The van der Waals surface area contributed by atoms with Gasteiger partial charge >= 0.3 is 0 Å². The zero-order chi connectivity index (χ0) is 22.7. The van der Waals surface area contributed by atoms with Crippen molar-refractivity contribution >= 4 is 40.0 Å². The van der Waals surface area contributed by atoms with E-state index in [1.165, 1.54) is 14.2 Å². The maximum absolute atomic E-state index is 13.3. The summed E-state index contributed by atoms with van der Waals surface area (Å²) in [5.74, 6) is 0.495. The number of rotatable bonds is 6. The minimum absolute atomic E-state index is 0.0789. The summed E-state index contributed by atoms with van der Waals surface area (Å²) < 4.78 is 12.6. The van der Waals surface area contributed by atoms with E-state index in [-0.39, 0.29) is 18.4 Å². The van der Waals surface area contributed by atoms with Gasteiger partial charge in [0.15, 0.2) is 11.5 Å². The van der Waals surface area contributed by atoms with Crippen LogP contribution in [0.25, 0.3) is 10.9 Å². The van der Waals surface area contributed by atoms with Gasteiger partial charge in [-0.15, -0.1) is 0 Å². The van der Waals surface area contributed by atoms with E-state index >= 15 is 0 Å². The second kappa shape index (κ2) is 9.53. The Morgan fingerprint density at radius 2 is 1.72 bits per heavy atom. The Hall–Kier alpha value is -3.19. The first-order chi connectivity index (χ1) is 15.5. The number of benzene rings is 2. The van der Waals surface area contributed by atoms with Crippen LogP contribution < -0.4 is 14.8 Å². The molecule has 0 atom stereocenters. The van der Waals surface area contributed by atoms with Crippen molar-refractivity contribution in [2.45, 2.75) is 25.8 Å². The lowest BCUT2D eigenvalue weighted by molar-refractivity contribution is -0.116. The number of carbonyl (C=O) groups excluding carboxylic acids is 2. The third-order valence-electron chi connectivity index (χ3n) is 5.72. The van der Waals surface area contributed by atoms with Crippen LogP contribution in [0.3, 0.4) is 0 Å². The molecule has 32 heavy (non-hydrogen) atoms. The minimum atomic E-state index is -0.262. The largest absolute Gasteiger partial charge is 0.493 e. The Morgan fingerprint density at radius 1 is 1.00 bits per heavy atom. The average Bonchev–Trinajstić information content (AvgIpc) is 3.20. The van der Waals surface area contributed by atoms with Crippen molar-refractivity contribution < 1.29 is 19.1 Å². The summed E-state index contributed by atoms with van der Waals surface area (Å²) >= 11 is 6.12. The zero-order valence-electron chi connectivity index (χ0n) is 18.2. The molecule has 0 bridgehead atoms. The van der Waals surface area contributed by atoms with Gasteiger partial charge < -0.3 is 24.3 Å². The number of halogens is 1. The van der Waals surface area contributed by atoms with E-state index in [0.29, 0.717) is 40.9 Å². The lowest BCUT2D eigenvalue weighted by Crippen LogP contribution is -2.36. The van der Waals surface area contributed by atoms with E-state index in [9.17, 15) is 9.59 Å². The van der Waals surface area contributed by atoms with Crippen LogP contribution in [0.1, 0.15) is 29.6 Å². The highest BCUT2D eigenvalue weighted by atomic mass is 35.5. The lowest BCUT2D eigenvalue weighted by atomic mass is 10.1. The van der Waals surface area contributed by atoms with Crippen molar-refractivity contribution in [2.75, 3.05) is 32.6 Å². The van der Waals surface area contributed by atoms with E-state index in [2.05, 4.69) is 5.32 Å². The van der Waals surface area contributed by atoms with Gasteiger partial charge in [-0.2, -0.15) is 0 Å². The molecule has 1 fully saturated rings. The number of likely N-dealkylation sites (tertiary alicyclic amines) is 1. The Morgan fingerprint density at radius 3 is 2.44 bits per heavy atom. The summed E-state index contributed by atoms with van der Waals surface area (Å²) in [5, 5.41) is 4.50. The number of anilines is 1. The molecule has 2 amide bonds. The number of amides is 2. The molecular weight excluding hydrogens is 430 g/mol. The highest BCUT2D eigenvalue weighted by Gasteiger charge is 2.24. The van der Waals surface area contributed by atoms with Gasteiger partial charge in [0.2, 0.25) is 5.91 Å². The van der Waals surface area contributed by atoms with Crippen LogP contribution in [-0.4, -0.2) is 48.6 Å². The molecule has 3 aromatic rings. The monoisotopic (exact) mass is 455 g/mol. The number of hydrogen-bond donors (Lipinski definition) is 1. The number of aromatic nitrogens is 1. The third-order valence-corrected chi connectivity index (χ3v) is 5.96. The normalized spacial score (nSPS) is 13.8. The number of fused-ring (bicyclic) bond motifs is 1. The molecule has 1 saturated heterocycles. The molecule has 2 heterocycles. The first-order valence-corrected chi connectivity index (χ1v) is 11.0. The second-order valence-corrected chi connectivity index (χ2v) is 8.24. The lowest BCUT2D eigenvalue weighted by Gasteiger charge is -2.28. The van der Waals surface area contributed by atoms with Gasteiger partial charge in [-0.25, -0.2) is 0 Å². The van der Waals surface area contributed by atoms with Crippen LogP contribution in [-0.2, 0) is 11.3 Å². The standard InChI is InChI=1S/C24H26ClN3O4/c1-31-21-13-18(24(30)27-9-4-3-5-10-27)19(14-22(21)32-2)26-23(29)15-28-11-8-16-6-7-17(25)12-20(16)28/h6-8,11-14H,3-5,9-10,15H2,1-2H3,(H,26,29). The smallest absolute Gasteiger partial charge is 0.256 e. The van der Waals surface area contributed by atoms with Gasteiger partial charge in [0.1, 0.15) is 6.54 Å². The zero-order valence-corrected chi connectivity index (χ0v) is 18.9. The molecule has 2 aromatic carbocycles. The topological polar surface area (TPSA) is 72.8 Å². The van der Waals surface area contributed by atoms with Crippen molar-refractivity contribution in [3.8, 4) is 11.5 Å². The molecule has 0 saturated carbocycles. The fourth-order valence-electron chi connectivity index (χ4n) is 4.07. The van der Waals surface area contributed by atoms with E-state index in [1.807, 2.05) is 39.9 Å². The second-order valence-electron chi connectivity index (χ2n) is 7.80. The van der Waals surface area contributed by atoms with Crippen LogP contribution in [0.2, 0.25) is 5.02 Å². The maximum Gasteiger partial charge on any atom is 0.256 e. The molecule has 0 spiro atoms. The van der Waals surface area contributed by atoms with E-state index < -0.39 is 0 Å². The van der Waals surface area contributed by atoms with Gasteiger partial charge in [0.25, 0.3) is 5.91 Å². The number of ether oxygens (including phenoxy) is 2. The number of nitrogens with zero attached hydrogens (tertiary/aromatic N) is 2. The van der Waals surface area contributed by atoms with Crippen LogP contribution in [0.5, 0.6) is 11.5 Å². The van der Waals surface area contributed by atoms with Gasteiger partial charge in [0.05, 0.1) is 25.5 Å². The fraction of sp³-hybridized carbons (Fsp3) is 0.333. The molecule has 4 rings (SSSR count). The highest BCUT2D eigenvalue weighted by Crippen LogP contribution is 2.34. The van der Waals surface area contributed by atoms with E-state index in [1.54, 1.807) is 12.1 Å². The fourth-order valence-corrected chi connectivity index (χ4v) is 4.23. The molecule has 0 aliphatic carbocycles. The Kier molecular flexibility index (Phi) is 6.55. The molecule has 1 N–H and O–H groups in total. The summed E-state index contributed by atoms with van der Waals surface area (Å²) in [7, 11) is 3.04. The quantitative estimate of drug-likeness (QED) is 0.590. The van der Waals surface area contributed by atoms with Crippen molar-refractivity contribution in [3.05, 3.63) is 53.2 Å². The molecule has 1 aromatic heterocycles. The SMILES string of the molecule is COc1cc(NC(=O)Cn2ccc3ccc(Cl)cc32)c(C(=O)N2CCCCC2)cc1OC. The van der Waals surface area contributed by atoms with Gasteiger partial charge in [-0.3, -0.25) is 9.59 Å². The minimum Gasteiger partial charge on any atom is -0.493 e. The molecule has 0 unspecified atom stereocenters. The third kappa shape index (κ3) is 4.53. The maximum atomic E-state index is 13.3. The van der Waals surface area contributed by atoms with Crippen molar-refractivity contribution in [1.29, 1.82) is 0 Å². The molecule has 8 heteroatoms. The van der Waals surface area contributed by atoms with Crippen LogP contribution >= 0.6 is 11.6 Å². The van der Waals surface area contributed by atoms with Crippen molar-refractivity contribution in [2.24, 2.45) is 0 Å². The Balaban J connectivity index is 1.62. The van der Waals surface area contributed by atoms with E-state index in [4.69, 9.17) is 21.1 Å². The first-order valence-electron chi connectivity index (χ1n) is 10.6. The average molecular weight is 456 g/mol. The molecular formula is C24H26ClN3O4. The number of nitrogens with one attached hydrogen (secondary N) is 1. The predicted octanol–water partition coefficient (Wildman–Crippen LogP) is 4.58. The summed E-state index contributed by atoms with van der Waals surface area (Å²) in [6, 6.07) is 10.8. The van der Waals surface area contributed by atoms with Crippen molar-refractivity contribution in [1.82, 2.24) is 9.47 Å². The summed E-state index contributed by atoms with van der Waals surface area (Å²) in [5.41, 5.74) is 1.65. The molecule has 0 radical (unpaired) electrons. The molecule has 1 aliphatic rings. The highest BCUT2D eigenvalue weighted by molar-refractivity contribution is 6.31. The van der Waals surface area contributed by atoms with Gasteiger partial charge in [0, 0.05) is 35.9 Å². The van der Waals surface area contributed by atoms with E-state index in [0.717, 1.165) is 30.2 Å².